The van der Waals surface area contributed by atoms with Gasteiger partial charge in [-0.1, -0.05) is 18.2 Å². The number of para-hydroxylation sites is 1. The number of phenols is 1. The second-order valence-electron chi connectivity index (χ2n) is 6.43. The number of hydrogen-bond donors (Lipinski definition) is 3. The van der Waals surface area contributed by atoms with Crippen molar-refractivity contribution in [3.05, 3.63) is 65.9 Å². The van der Waals surface area contributed by atoms with Crippen LogP contribution in [0, 0.1) is 0 Å². The van der Waals surface area contributed by atoms with Crippen molar-refractivity contribution in [2.24, 2.45) is 0 Å². The first-order valence-corrected chi connectivity index (χ1v) is 8.53. The first-order valence-electron chi connectivity index (χ1n) is 8.53. The van der Waals surface area contributed by atoms with E-state index in [1.54, 1.807) is 17.7 Å². The average Bonchev–Trinajstić information content (AvgIpc) is 3.03. The van der Waals surface area contributed by atoms with Crippen molar-refractivity contribution in [2.45, 2.75) is 6.04 Å². The molecule has 134 valence electrons. The van der Waals surface area contributed by atoms with Gasteiger partial charge in [-0.05, 0) is 24.3 Å². The van der Waals surface area contributed by atoms with Crippen molar-refractivity contribution in [3.63, 3.8) is 0 Å². The van der Waals surface area contributed by atoms with Gasteiger partial charge in [0, 0.05) is 34.6 Å². The highest BCUT2D eigenvalue weighted by Gasteiger charge is 2.28. The van der Waals surface area contributed by atoms with Gasteiger partial charge in [0.2, 0.25) is 5.95 Å². The molecule has 7 nitrogen and oxygen atoms in total. The predicted molar refractivity (Wildman–Crippen MR) is 103 cm³/mol. The second-order valence-corrected chi connectivity index (χ2v) is 6.43. The van der Waals surface area contributed by atoms with Gasteiger partial charge in [-0.25, -0.2) is 9.50 Å². The molecule has 7 heteroatoms. The highest BCUT2D eigenvalue weighted by molar-refractivity contribution is 5.90. The summed E-state index contributed by atoms with van der Waals surface area (Å²) in [7, 11) is 1.57. The summed E-state index contributed by atoms with van der Waals surface area (Å²) in [5.74, 6) is 0.965. The molecule has 0 saturated carbocycles. The number of methoxy groups -OCH3 is 1. The Bertz CT molecular complexity index is 1180. The summed E-state index contributed by atoms with van der Waals surface area (Å²) in [5.41, 5.74) is 11.1. The Balaban J connectivity index is 1.82. The molecule has 1 atom stereocenters. The van der Waals surface area contributed by atoms with Crippen LogP contribution in [0.4, 0.5) is 11.6 Å². The molecule has 0 radical (unpaired) electrons. The average molecular weight is 359 g/mol. The number of rotatable bonds is 2. The Kier molecular flexibility index (Phi) is 3.24. The van der Waals surface area contributed by atoms with Gasteiger partial charge in [0.25, 0.3) is 0 Å². The van der Waals surface area contributed by atoms with Crippen LogP contribution in [-0.2, 0) is 0 Å². The molecule has 0 saturated heterocycles. The van der Waals surface area contributed by atoms with Gasteiger partial charge < -0.3 is 20.9 Å². The van der Waals surface area contributed by atoms with Crippen LogP contribution in [0.3, 0.4) is 0 Å². The number of nitrogens with two attached hydrogens (primary N) is 1. The van der Waals surface area contributed by atoms with Crippen LogP contribution in [0.1, 0.15) is 17.2 Å². The van der Waals surface area contributed by atoms with E-state index in [2.05, 4.69) is 15.4 Å². The highest BCUT2D eigenvalue weighted by atomic mass is 16.5. The van der Waals surface area contributed by atoms with E-state index >= 15 is 0 Å². The zero-order valence-electron chi connectivity index (χ0n) is 14.5. The molecule has 27 heavy (non-hydrogen) atoms. The van der Waals surface area contributed by atoms with Gasteiger partial charge in [0.05, 0.1) is 18.7 Å². The number of fused-ring (bicyclic) bond motifs is 2. The van der Waals surface area contributed by atoms with Gasteiger partial charge >= 0.3 is 0 Å². The van der Waals surface area contributed by atoms with Crippen LogP contribution in [-0.4, -0.2) is 26.8 Å². The Morgan fingerprint density at radius 3 is 2.81 bits per heavy atom. The van der Waals surface area contributed by atoms with Crippen molar-refractivity contribution >= 4 is 17.2 Å². The highest BCUT2D eigenvalue weighted by Crippen LogP contribution is 2.43. The lowest BCUT2D eigenvalue weighted by Gasteiger charge is -2.20. The minimum Gasteiger partial charge on any atom is -0.507 e. The Labute approximate surface area is 155 Å². The number of aromatic nitrogens is 3. The third-order valence-electron chi connectivity index (χ3n) is 4.90. The van der Waals surface area contributed by atoms with E-state index in [-0.39, 0.29) is 17.7 Å². The Morgan fingerprint density at radius 1 is 1.15 bits per heavy atom. The molecule has 0 spiro atoms. The fourth-order valence-corrected chi connectivity index (χ4v) is 3.67. The summed E-state index contributed by atoms with van der Waals surface area (Å²) in [4.78, 5) is 4.51. The number of ether oxygens (including phenoxy) is 1. The van der Waals surface area contributed by atoms with E-state index in [0.29, 0.717) is 5.75 Å². The van der Waals surface area contributed by atoms with Crippen LogP contribution >= 0.6 is 0 Å². The number of nitrogens with one attached hydrogen (secondary N) is 1. The summed E-state index contributed by atoms with van der Waals surface area (Å²) in [6.07, 6.45) is 1.86. The maximum Gasteiger partial charge on any atom is 0.238 e. The topological polar surface area (TPSA) is 97.7 Å². The SMILES string of the molecule is COc1ccc(C2Nc3ccccc3-c3nc(N)nn4ccc2c34)c(O)c1. The largest absolute Gasteiger partial charge is 0.507 e. The molecule has 1 unspecified atom stereocenters. The van der Waals surface area contributed by atoms with Crippen LogP contribution in [0.2, 0.25) is 0 Å². The lowest BCUT2D eigenvalue weighted by Crippen LogP contribution is -2.11. The van der Waals surface area contributed by atoms with Crippen molar-refractivity contribution < 1.29 is 9.84 Å². The third kappa shape index (κ3) is 2.28. The molecular weight excluding hydrogens is 342 g/mol. The number of hydrogen-bond acceptors (Lipinski definition) is 6. The zero-order valence-corrected chi connectivity index (χ0v) is 14.5. The standard InChI is InChI=1S/C20H17N5O2/c1-27-11-6-7-13(16(26)10-11)17-14-8-9-25-19(14)18(23-20(21)24-25)12-4-2-3-5-15(12)22-17/h2-10,17,22,26H,1H3,(H2,21,24). The molecule has 4 aromatic rings. The van der Waals surface area contributed by atoms with E-state index in [0.717, 1.165) is 33.6 Å². The molecule has 1 aliphatic rings. The normalized spacial score (nSPS) is 15.1. The molecule has 0 bridgehead atoms. The monoisotopic (exact) mass is 359 g/mol. The first-order chi connectivity index (χ1) is 13.2. The summed E-state index contributed by atoms with van der Waals surface area (Å²) < 4.78 is 6.95. The van der Waals surface area contributed by atoms with Gasteiger partial charge in [-0.3, -0.25) is 0 Å². The molecule has 5 rings (SSSR count). The van der Waals surface area contributed by atoms with E-state index in [9.17, 15) is 5.11 Å². The Morgan fingerprint density at radius 2 is 2.00 bits per heavy atom. The van der Waals surface area contributed by atoms with Crippen LogP contribution in [0.15, 0.2) is 54.7 Å². The minimum atomic E-state index is -0.282. The van der Waals surface area contributed by atoms with Gasteiger partial charge in [-0.2, -0.15) is 0 Å². The molecule has 2 aromatic heterocycles. The lowest BCUT2D eigenvalue weighted by atomic mass is 9.98. The summed E-state index contributed by atoms with van der Waals surface area (Å²) in [6.45, 7) is 0. The van der Waals surface area contributed by atoms with E-state index in [4.69, 9.17) is 10.5 Å². The predicted octanol–water partition coefficient (Wildman–Crippen LogP) is 3.21. The fourth-order valence-electron chi connectivity index (χ4n) is 3.67. The molecule has 0 fully saturated rings. The molecular formula is C20H17N5O2. The van der Waals surface area contributed by atoms with E-state index in [1.165, 1.54) is 0 Å². The first kappa shape index (κ1) is 15.5. The summed E-state index contributed by atoms with van der Waals surface area (Å²) >= 11 is 0. The maximum absolute atomic E-state index is 10.6. The molecule has 2 aromatic carbocycles. The van der Waals surface area contributed by atoms with Crippen molar-refractivity contribution in [3.8, 4) is 22.8 Å². The van der Waals surface area contributed by atoms with Crippen LogP contribution < -0.4 is 15.8 Å². The molecule has 4 N–H and O–H groups in total. The van der Waals surface area contributed by atoms with Gasteiger partial charge in [0.1, 0.15) is 17.2 Å². The van der Waals surface area contributed by atoms with Crippen molar-refractivity contribution in [1.29, 1.82) is 0 Å². The quantitative estimate of drug-likeness (QED) is 0.508. The van der Waals surface area contributed by atoms with Crippen LogP contribution in [0.25, 0.3) is 16.8 Å². The maximum atomic E-state index is 10.6. The molecule has 1 aliphatic heterocycles. The smallest absolute Gasteiger partial charge is 0.238 e. The zero-order chi connectivity index (χ0) is 18.5. The number of nitrogen functional groups attached to an aromatic ring is 1. The molecule has 0 aliphatic carbocycles. The lowest BCUT2D eigenvalue weighted by molar-refractivity contribution is 0.406. The van der Waals surface area contributed by atoms with Gasteiger partial charge in [0.15, 0.2) is 0 Å². The number of anilines is 2. The summed E-state index contributed by atoms with van der Waals surface area (Å²) in [5, 5.41) is 18.5. The molecule has 3 heterocycles. The van der Waals surface area contributed by atoms with Gasteiger partial charge in [-0.15, -0.1) is 5.10 Å². The fraction of sp³-hybridized carbons (Fsp3) is 0.100. The van der Waals surface area contributed by atoms with E-state index < -0.39 is 0 Å². The Hall–Kier alpha value is -3.74. The molecule has 0 amide bonds. The number of aromatic hydroxyl groups is 1. The van der Waals surface area contributed by atoms with Crippen LogP contribution in [0.5, 0.6) is 11.5 Å². The van der Waals surface area contributed by atoms with Crippen molar-refractivity contribution in [2.75, 3.05) is 18.2 Å². The summed E-state index contributed by atoms with van der Waals surface area (Å²) in [6, 6.07) is 14.9. The number of benzene rings is 2. The number of nitrogens with zero attached hydrogens (tertiary/aromatic N) is 3. The minimum absolute atomic E-state index is 0.156. The number of phenolic OH excluding ortho intramolecular Hbond substituents is 1. The third-order valence-corrected chi connectivity index (χ3v) is 4.90. The van der Waals surface area contributed by atoms with Crippen molar-refractivity contribution in [1.82, 2.24) is 14.6 Å². The van der Waals surface area contributed by atoms with E-state index in [1.807, 2.05) is 48.7 Å². The second kappa shape index (κ2) is 5.63.